The molecule has 0 atom stereocenters. The lowest BCUT2D eigenvalue weighted by atomic mass is 10.2. The van der Waals surface area contributed by atoms with E-state index in [-0.39, 0.29) is 5.82 Å². The summed E-state index contributed by atoms with van der Waals surface area (Å²) in [6, 6.07) is 12.0. The topological polar surface area (TPSA) is 30.7 Å². The number of hydrogen-bond donors (Lipinski definition) is 0. The van der Waals surface area contributed by atoms with Crippen molar-refractivity contribution in [3.8, 4) is 11.4 Å². The van der Waals surface area contributed by atoms with Crippen molar-refractivity contribution in [1.82, 2.24) is 14.8 Å². The fourth-order valence-corrected chi connectivity index (χ4v) is 3.73. The van der Waals surface area contributed by atoms with Crippen LogP contribution >= 0.6 is 35.0 Å². The Balaban J connectivity index is 1.89. The summed E-state index contributed by atoms with van der Waals surface area (Å²) in [5.74, 6) is 0.743. The molecule has 25 heavy (non-hydrogen) atoms. The van der Waals surface area contributed by atoms with Crippen LogP contribution in [0.25, 0.3) is 11.4 Å². The molecule has 0 saturated heterocycles. The Bertz CT molecular complexity index is 874. The van der Waals surface area contributed by atoms with Crippen molar-refractivity contribution >= 4 is 35.0 Å². The zero-order valence-corrected chi connectivity index (χ0v) is 15.5. The quantitative estimate of drug-likeness (QED) is 0.387. The molecule has 7 heteroatoms. The van der Waals surface area contributed by atoms with Gasteiger partial charge in [0.25, 0.3) is 0 Å². The van der Waals surface area contributed by atoms with Crippen LogP contribution < -0.4 is 0 Å². The molecule has 0 unspecified atom stereocenters. The molecule has 128 valence electrons. The van der Waals surface area contributed by atoms with Gasteiger partial charge in [-0.15, -0.1) is 16.8 Å². The fraction of sp³-hybridized carbons (Fsp3) is 0.111. The largest absolute Gasteiger partial charge is 0.298 e. The van der Waals surface area contributed by atoms with Gasteiger partial charge in [0, 0.05) is 33.5 Å². The second-order valence-corrected chi connectivity index (χ2v) is 6.99. The number of thioether (sulfide) groups is 1. The summed E-state index contributed by atoms with van der Waals surface area (Å²) in [4.78, 5) is 0. The van der Waals surface area contributed by atoms with E-state index in [1.807, 2.05) is 16.7 Å². The smallest absolute Gasteiger partial charge is 0.192 e. The average Bonchev–Trinajstić information content (AvgIpc) is 2.98. The molecule has 3 rings (SSSR count). The average molecular weight is 394 g/mol. The van der Waals surface area contributed by atoms with E-state index in [1.165, 1.54) is 17.8 Å². The summed E-state index contributed by atoms with van der Waals surface area (Å²) in [5.41, 5.74) is 1.35. The molecule has 0 N–H and O–H groups in total. The van der Waals surface area contributed by atoms with E-state index in [9.17, 15) is 4.39 Å². The van der Waals surface area contributed by atoms with Gasteiger partial charge in [0.1, 0.15) is 5.82 Å². The predicted molar refractivity (Wildman–Crippen MR) is 102 cm³/mol. The molecule has 0 radical (unpaired) electrons. The Kier molecular flexibility index (Phi) is 5.78. The SMILES string of the molecule is C=CCn1c(SCc2c(F)cccc2Cl)nnc1-c1ccc(Cl)cc1. The summed E-state index contributed by atoms with van der Waals surface area (Å²) < 4.78 is 15.9. The summed E-state index contributed by atoms with van der Waals surface area (Å²) in [7, 11) is 0. The highest BCUT2D eigenvalue weighted by molar-refractivity contribution is 7.98. The van der Waals surface area contributed by atoms with Crippen molar-refractivity contribution < 1.29 is 4.39 Å². The molecule has 2 aromatic carbocycles. The van der Waals surface area contributed by atoms with Crippen LogP contribution in [-0.4, -0.2) is 14.8 Å². The molecule has 0 bridgehead atoms. The lowest BCUT2D eigenvalue weighted by Crippen LogP contribution is -2.01. The van der Waals surface area contributed by atoms with E-state index in [4.69, 9.17) is 23.2 Å². The lowest BCUT2D eigenvalue weighted by molar-refractivity contribution is 0.617. The third kappa shape index (κ3) is 4.06. The number of allylic oxidation sites excluding steroid dienone is 1. The molecule has 0 aliphatic rings. The van der Waals surface area contributed by atoms with Crippen LogP contribution in [0.3, 0.4) is 0 Å². The minimum Gasteiger partial charge on any atom is -0.298 e. The van der Waals surface area contributed by atoms with Gasteiger partial charge in [-0.3, -0.25) is 4.57 Å². The normalized spacial score (nSPS) is 10.8. The third-order valence-electron chi connectivity index (χ3n) is 3.54. The van der Waals surface area contributed by atoms with Crippen LogP contribution in [0.15, 0.2) is 60.3 Å². The number of nitrogens with zero attached hydrogens (tertiary/aromatic N) is 3. The Labute approximate surface area is 159 Å². The molecule has 0 spiro atoms. The molecule has 3 nitrogen and oxygen atoms in total. The zero-order chi connectivity index (χ0) is 17.8. The lowest BCUT2D eigenvalue weighted by Gasteiger charge is -2.09. The summed E-state index contributed by atoms with van der Waals surface area (Å²) in [6.07, 6.45) is 1.77. The second kappa shape index (κ2) is 8.04. The van der Waals surface area contributed by atoms with Crippen LogP contribution in [0.2, 0.25) is 10.0 Å². The minimum absolute atomic E-state index is 0.326. The van der Waals surface area contributed by atoms with Crippen LogP contribution in [0.5, 0.6) is 0 Å². The molecule has 1 aromatic heterocycles. The van der Waals surface area contributed by atoms with E-state index in [2.05, 4.69) is 16.8 Å². The molecular weight excluding hydrogens is 380 g/mol. The van der Waals surface area contributed by atoms with Crippen LogP contribution in [-0.2, 0) is 12.3 Å². The maximum Gasteiger partial charge on any atom is 0.192 e. The Morgan fingerprint density at radius 1 is 1.12 bits per heavy atom. The Morgan fingerprint density at radius 3 is 2.56 bits per heavy atom. The van der Waals surface area contributed by atoms with E-state index in [0.29, 0.717) is 38.9 Å². The molecule has 0 aliphatic carbocycles. The van der Waals surface area contributed by atoms with Gasteiger partial charge in [-0.05, 0) is 36.4 Å². The van der Waals surface area contributed by atoms with Crippen molar-refractivity contribution in [2.75, 3.05) is 0 Å². The molecule has 0 aliphatic heterocycles. The predicted octanol–water partition coefficient (Wildman–Crippen LogP) is 5.87. The number of aromatic nitrogens is 3. The van der Waals surface area contributed by atoms with Crippen molar-refractivity contribution in [1.29, 1.82) is 0 Å². The van der Waals surface area contributed by atoms with Crippen molar-refractivity contribution in [3.05, 3.63) is 76.5 Å². The summed E-state index contributed by atoms with van der Waals surface area (Å²) >= 11 is 13.4. The van der Waals surface area contributed by atoms with E-state index in [0.717, 1.165) is 5.56 Å². The molecule has 0 saturated carbocycles. The molecular formula is C18H14Cl2FN3S. The highest BCUT2D eigenvalue weighted by atomic mass is 35.5. The van der Waals surface area contributed by atoms with Gasteiger partial charge in [-0.25, -0.2) is 4.39 Å². The van der Waals surface area contributed by atoms with E-state index in [1.54, 1.807) is 30.3 Å². The zero-order valence-electron chi connectivity index (χ0n) is 13.1. The maximum atomic E-state index is 13.9. The Hall–Kier alpha value is -1.82. The minimum atomic E-state index is -0.326. The first-order chi connectivity index (χ1) is 12.1. The Morgan fingerprint density at radius 2 is 1.88 bits per heavy atom. The van der Waals surface area contributed by atoms with Crippen LogP contribution in [0, 0.1) is 5.82 Å². The molecule has 3 aromatic rings. The molecule has 1 heterocycles. The number of halogens is 3. The summed E-state index contributed by atoms with van der Waals surface area (Å²) in [6.45, 7) is 4.32. The number of rotatable bonds is 6. The highest BCUT2D eigenvalue weighted by Crippen LogP contribution is 2.30. The second-order valence-electron chi connectivity index (χ2n) is 5.20. The van der Waals surface area contributed by atoms with Gasteiger partial charge in [-0.2, -0.15) is 0 Å². The van der Waals surface area contributed by atoms with E-state index >= 15 is 0 Å². The number of hydrogen-bond acceptors (Lipinski definition) is 3. The number of benzene rings is 2. The summed E-state index contributed by atoms with van der Waals surface area (Å²) in [5, 5.41) is 10.2. The monoisotopic (exact) mass is 393 g/mol. The fourth-order valence-electron chi connectivity index (χ4n) is 2.31. The molecule has 0 fully saturated rings. The first-order valence-electron chi connectivity index (χ1n) is 7.46. The first kappa shape index (κ1) is 18.0. The first-order valence-corrected chi connectivity index (χ1v) is 9.20. The van der Waals surface area contributed by atoms with Crippen molar-refractivity contribution in [3.63, 3.8) is 0 Å². The van der Waals surface area contributed by atoms with Crippen molar-refractivity contribution in [2.45, 2.75) is 17.5 Å². The molecule has 0 amide bonds. The maximum absolute atomic E-state index is 13.9. The van der Waals surface area contributed by atoms with Gasteiger partial charge < -0.3 is 0 Å². The van der Waals surface area contributed by atoms with Gasteiger partial charge in [0.15, 0.2) is 11.0 Å². The van der Waals surface area contributed by atoms with Gasteiger partial charge >= 0.3 is 0 Å². The van der Waals surface area contributed by atoms with Gasteiger partial charge in [0.2, 0.25) is 0 Å². The highest BCUT2D eigenvalue weighted by Gasteiger charge is 2.15. The van der Waals surface area contributed by atoms with Crippen molar-refractivity contribution in [2.24, 2.45) is 0 Å². The van der Waals surface area contributed by atoms with E-state index < -0.39 is 0 Å². The third-order valence-corrected chi connectivity index (χ3v) is 5.14. The van der Waals surface area contributed by atoms with Crippen LogP contribution in [0.4, 0.5) is 4.39 Å². The van der Waals surface area contributed by atoms with Crippen LogP contribution in [0.1, 0.15) is 5.56 Å². The van der Waals surface area contributed by atoms with Gasteiger partial charge in [0.05, 0.1) is 0 Å². The standard InChI is InChI=1S/C18H14Cl2FN3S/c1-2-10-24-17(12-6-8-13(19)9-7-12)22-23-18(24)25-11-14-15(20)4-3-5-16(14)21/h2-9H,1,10-11H2. The van der Waals surface area contributed by atoms with Gasteiger partial charge in [-0.1, -0.05) is 47.1 Å².